The lowest BCUT2D eigenvalue weighted by Gasteiger charge is -2.30. The molecule has 0 bridgehead atoms. The highest BCUT2D eigenvalue weighted by atomic mass is 15.3. The molecule has 1 aromatic heterocycles. The van der Waals surface area contributed by atoms with Crippen molar-refractivity contribution in [1.82, 2.24) is 15.1 Å². The van der Waals surface area contributed by atoms with Crippen LogP contribution in [0.5, 0.6) is 0 Å². The largest absolute Gasteiger partial charge is 0.313 e. The number of nitrogens with zero attached hydrogens (tertiary/aromatic N) is 2. The number of hydrogen-bond acceptors (Lipinski definition) is 2. The minimum atomic E-state index is 0.635. The van der Waals surface area contributed by atoms with E-state index in [1.54, 1.807) is 0 Å². The van der Waals surface area contributed by atoms with Crippen LogP contribution in [0.4, 0.5) is 0 Å². The zero-order chi connectivity index (χ0) is 14.8. The van der Waals surface area contributed by atoms with Crippen LogP contribution < -0.4 is 5.32 Å². The Labute approximate surface area is 127 Å². The van der Waals surface area contributed by atoms with Gasteiger partial charge < -0.3 is 5.32 Å². The Hall–Kier alpha value is -1.61. The molecule has 112 valence electrons. The molecule has 3 rings (SSSR count). The monoisotopic (exact) mass is 283 g/mol. The van der Waals surface area contributed by atoms with Crippen molar-refractivity contribution in [2.75, 3.05) is 6.54 Å². The minimum Gasteiger partial charge on any atom is -0.313 e. The molecule has 0 saturated carbocycles. The fourth-order valence-corrected chi connectivity index (χ4v) is 3.29. The van der Waals surface area contributed by atoms with E-state index in [1.165, 1.54) is 40.9 Å². The maximum atomic E-state index is 4.76. The molecule has 3 nitrogen and oxygen atoms in total. The van der Waals surface area contributed by atoms with Gasteiger partial charge in [-0.1, -0.05) is 31.2 Å². The fraction of sp³-hybridized carbons (Fsp3) is 0.500. The van der Waals surface area contributed by atoms with E-state index in [0.29, 0.717) is 5.92 Å². The van der Waals surface area contributed by atoms with Crippen LogP contribution in [0.15, 0.2) is 24.3 Å². The molecule has 1 heterocycles. The van der Waals surface area contributed by atoms with E-state index in [1.807, 2.05) is 0 Å². The van der Waals surface area contributed by atoms with E-state index in [4.69, 9.17) is 5.10 Å². The Bertz CT molecular complexity index is 627. The average Bonchev–Trinajstić information content (AvgIpc) is 2.72. The van der Waals surface area contributed by atoms with Crippen molar-refractivity contribution >= 4 is 0 Å². The molecule has 1 aliphatic rings. The summed E-state index contributed by atoms with van der Waals surface area (Å²) in [6.07, 6.45) is 2.36. The van der Waals surface area contributed by atoms with E-state index in [2.05, 4.69) is 55.0 Å². The second kappa shape index (κ2) is 6.02. The van der Waals surface area contributed by atoms with Crippen molar-refractivity contribution in [3.8, 4) is 0 Å². The zero-order valence-corrected chi connectivity index (χ0v) is 13.3. The van der Waals surface area contributed by atoms with Crippen LogP contribution in [0.25, 0.3) is 0 Å². The third-order valence-electron chi connectivity index (χ3n) is 4.61. The van der Waals surface area contributed by atoms with Crippen molar-refractivity contribution in [3.63, 3.8) is 0 Å². The molecule has 0 spiro atoms. The zero-order valence-electron chi connectivity index (χ0n) is 13.3. The third-order valence-corrected chi connectivity index (χ3v) is 4.61. The van der Waals surface area contributed by atoms with Gasteiger partial charge >= 0.3 is 0 Å². The molecule has 1 aliphatic carbocycles. The highest BCUT2D eigenvalue weighted by Gasteiger charge is 2.26. The molecule has 0 radical (unpaired) electrons. The second-order valence-electron chi connectivity index (χ2n) is 6.11. The first kappa shape index (κ1) is 14.3. The lowest BCUT2D eigenvalue weighted by atomic mass is 9.77. The van der Waals surface area contributed by atoms with E-state index in [9.17, 15) is 0 Å². The first-order valence-corrected chi connectivity index (χ1v) is 8.02. The molecule has 0 fully saturated rings. The fourth-order valence-electron chi connectivity index (χ4n) is 3.29. The van der Waals surface area contributed by atoms with Crippen molar-refractivity contribution < 1.29 is 0 Å². The van der Waals surface area contributed by atoms with Gasteiger partial charge in [-0.2, -0.15) is 5.10 Å². The molecule has 1 N–H and O–H groups in total. The van der Waals surface area contributed by atoms with Gasteiger partial charge in [0, 0.05) is 30.3 Å². The molecule has 1 unspecified atom stereocenters. The molecule has 0 aliphatic heterocycles. The number of benzene rings is 1. The van der Waals surface area contributed by atoms with Gasteiger partial charge in [0.25, 0.3) is 0 Å². The Morgan fingerprint density at radius 2 is 2.10 bits per heavy atom. The standard InChI is InChI=1S/C18H25N3/c1-4-9-19-11-18-13(2)20-21(14(18)3)12-16-10-15-7-5-6-8-17(15)16/h5-8,16,19H,4,9-12H2,1-3H3. The molecule has 0 saturated heterocycles. The van der Waals surface area contributed by atoms with Crippen LogP contribution >= 0.6 is 0 Å². The predicted molar refractivity (Wildman–Crippen MR) is 86.6 cm³/mol. The summed E-state index contributed by atoms with van der Waals surface area (Å²) < 4.78 is 2.21. The Morgan fingerprint density at radius 3 is 2.86 bits per heavy atom. The van der Waals surface area contributed by atoms with Gasteiger partial charge in [-0.05, 0) is 44.4 Å². The van der Waals surface area contributed by atoms with Crippen LogP contribution in [-0.4, -0.2) is 16.3 Å². The maximum Gasteiger partial charge on any atom is 0.0641 e. The smallest absolute Gasteiger partial charge is 0.0641 e. The van der Waals surface area contributed by atoms with Crippen LogP contribution in [0, 0.1) is 13.8 Å². The van der Waals surface area contributed by atoms with Crippen LogP contribution in [-0.2, 0) is 19.5 Å². The normalized spacial score (nSPS) is 16.6. The molecule has 21 heavy (non-hydrogen) atoms. The summed E-state index contributed by atoms with van der Waals surface area (Å²) in [7, 11) is 0. The summed E-state index contributed by atoms with van der Waals surface area (Å²) in [6, 6.07) is 8.79. The number of nitrogens with one attached hydrogen (secondary N) is 1. The van der Waals surface area contributed by atoms with Crippen LogP contribution in [0.3, 0.4) is 0 Å². The lowest BCUT2D eigenvalue weighted by Crippen LogP contribution is -2.23. The first-order valence-electron chi connectivity index (χ1n) is 8.02. The molecule has 2 aromatic rings. The van der Waals surface area contributed by atoms with Crippen LogP contribution in [0.1, 0.15) is 47.3 Å². The Balaban J connectivity index is 1.71. The second-order valence-corrected chi connectivity index (χ2v) is 6.11. The molecule has 1 aromatic carbocycles. The predicted octanol–water partition coefficient (Wildman–Crippen LogP) is 3.34. The molecular weight excluding hydrogens is 258 g/mol. The van der Waals surface area contributed by atoms with Crippen LogP contribution in [0.2, 0.25) is 0 Å². The Morgan fingerprint density at radius 1 is 1.29 bits per heavy atom. The highest BCUT2D eigenvalue weighted by molar-refractivity contribution is 5.40. The van der Waals surface area contributed by atoms with Gasteiger partial charge in [-0.25, -0.2) is 0 Å². The molecule has 1 atom stereocenters. The summed E-state index contributed by atoms with van der Waals surface area (Å²) in [6.45, 7) is 9.54. The number of aromatic nitrogens is 2. The number of fused-ring (bicyclic) bond motifs is 1. The maximum absolute atomic E-state index is 4.76. The first-order chi connectivity index (χ1) is 10.2. The Kier molecular flexibility index (Phi) is 4.11. The summed E-state index contributed by atoms with van der Waals surface area (Å²) in [5.74, 6) is 0.635. The van der Waals surface area contributed by atoms with Gasteiger partial charge in [0.2, 0.25) is 0 Å². The quantitative estimate of drug-likeness (QED) is 0.824. The van der Waals surface area contributed by atoms with Gasteiger partial charge in [0.05, 0.1) is 5.69 Å². The summed E-state index contributed by atoms with van der Waals surface area (Å²) >= 11 is 0. The van der Waals surface area contributed by atoms with E-state index in [-0.39, 0.29) is 0 Å². The summed E-state index contributed by atoms with van der Waals surface area (Å²) in [5, 5.41) is 8.25. The SMILES string of the molecule is CCCNCc1c(C)nn(CC2Cc3ccccc32)c1C. The van der Waals surface area contributed by atoms with Crippen molar-refractivity contribution in [2.24, 2.45) is 0 Å². The van der Waals surface area contributed by atoms with E-state index >= 15 is 0 Å². The topological polar surface area (TPSA) is 29.9 Å². The number of aryl methyl sites for hydroxylation is 1. The van der Waals surface area contributed by atoms with Gasteiger partial charge in [0.1, 0.15) is 0 Å². The van der Waals surface area contributed by atoms with Gasteiger partial charge in [-0.3, -0.25) is 4.68 Å². The van der Waals surface area contributed by atoms with Crippen molar-refractivity contribution in [2.45, 2.75) is 52.6 Å². The molecule has 3 heteroatoms. The van der Waals surface area contributed by atoms with Crippen molar-refractivity contribution in [3.05, 3.63) is 52.3 Å². The van der Waals surface area contributed by atoms with Gasteiger partial charge in [0.15, 0.2) is 0 Å². The van der Waals surface area contributed by atoms with Gasteiger partial charge in [-0.15, -0.1) is 0 Å². The highest BCUT2D eigenvalue weighted by Crippen LogP contribution is 2.36. The molecular formula is C18H25N3. The summed E-state index contributed by atoms with van der Waals surface area (Å²) in [5.41, 5.74) is 6.88. The van der Waals surface area contributed by atoms with E-state index < -0.39 is 0 Å². The number of hydrogen-bond donors (Lipinski definition) is 1. The third kappa shape index (κ3) is 2.75. The van der Waals surface area contributed by atoms with Crippen molar-refractivity contribution in [1.29, 1.82) is 0 Å². The van der Waals surface area contributed by atoms with E-state index in [0.717, 1.165) is 19.6 Å². The number of rotatable bonds is 6. The molecule has 0 amide bonds. The lowest BCUT2D eigenvalue weighted by molar-refractivity contribution is 0.465. The average molecular weight is 283 g/mol. The minimum absolute atomic E-state index is 0.635. The summed E-state index contributed by atoms with van der Waals surface area (Å²) in [4.78, 5) is 0.